The Morgan fingerprint density at radius 1 is 0.939 bits per heavy atom. The molecule has 33 heavy (non-hydrogen) atoms. The molecule has 0 spiro atoms. The van der Waals surface area contributed by atoms with Crippen molar-refractivity contribution in [1.29, 1.82) is 5.41 Å². The van der Waals surface area contributed by atoms with Gasteiger partial charge in [0, 0.05) is 18.7 Å². The van der Waals surface area contributed by atoms with Gasteiger partial charge >= 0.3 is 0 Å². The number of imide groups is 1. The minimum absolute atomic E-state index is 0.0918. The van der Waals surface area contributed by atoms with Crippen molar-refractivity contribution in [2.24, 2.45) is 0 Å². The predicted molar refractivity (Wildman–Crippen MR) is 124 cm³/mol. The highest BCUT2D eigenvalue weighted by atomic mass is 32.2. The number of amidine groups is 1. The van der Waals surface area contributed by atoms with Gasteiger partial charge in [-0.25, -0.2) is 0 Å². The number of carbonyl (C=O) groups excluding carboxylic acids is 3. The lowest BCUT2D eigenvalue weighted by Crippen LogP contribution is -2.27. The van der Waals surface area contributed by atoms with Gasteiger partial charge in [-0.15, -0.1) is 0 Å². The van der Waals surface area contributed by atoms with Gasteiger partial charge < -0.3 is 9.15 Å². The summed E-state index contributed by atoms with van der Waals surface area (Å²) in [5.74, 6) is 0.593. The van der Waals surface area contributed by atoms with Crippen LogP contribution in [-0.2, 0) is 4.79 Å². The molecule has 3 aromatic rings. The number of hydrogen-bond acceptors (Lipinski definition) is 7. The van der Waals surface area contributed by atoms with Crippen molar-refractivity contribution in [1.82, 2.24) is 4.90 Å². The fourth-order valence-electron chi connectivity index (χ4n) is 3.68. The number of nitrogens with one attached hydrogen (secondary N) is 1. The highest BCUT2D eigenvalue weighted by Gasteiger charge is 2.34. The van der Waals surface area contributed by atoms with E-state index in [0.717, 1.165) is 16.7 Å². The number of fused-ring (bicyclic) bond motifs is 1. The molecule has 2 aromatic carbocycles. The van der Waals surface area contributed by atoms with E-state index in [1.54, 1.807) is 67.8 Å². The molecular formula is C24H17N3O5S. The quantitative estimate of drug-likeness (QED) is 0.462. The van der Waals surface area contributed by atoms with Crippen LogP contribution < -0.4 is 9.64 Å². The first-order valence-corrected chi connectivity index (χ1v) is 10.7. The first-order valence-electron chi connectivity index (χ1n) is 9.90. The molecule has 3 heterocycles. The molecule has 8 nitrogen and oxygen atoms in total. The van der Waals surface area contributed by atoms with Gasteiger partial charge in [0.1, 0.15) is 17.3 Å². The third-order valence-electron chi connectivity index (χ3n) is 5.43. The van der Waals surface area contributed by atoms with Crippen molar-refractivity contribution < 1.29 is 23.5 Å². The molecule has 1 aromatic heterocycles. The first-order chi connectivity index (χ1) is 15.9. The minimum atomic E-state index is -0.351. The molecule has 164 valence electrons. The summed E-state index contributed by atoms with van der Waals surface area (Å²) in [5.41, 5.74) is 1.92. The normalized spacial score (nSPS) is 16.8. The number of ether oxygens (including phenoxy) is 1. The van der Waals surface area contributed by atoms with Crippen LogP contribution in [0.3, 0.4) is 0 Å². The summed E-state index contributed by atoms with van der Waals surface area (Å²) in [7, 11) is 3.01. The monoisotopic (exact) mass is 459 g/mol. The maximum absolute atomic E-state index is 12.9. The Morgan fingerprint density at radius 3 is 2.39 bits per heavy atom. The van der Waals surface area contributed by atoms with Crippen LogP contribution in [0.4, 0.5) is 5.69 Å². The Labute approximate surface area is 192 Å². The average molecular weight is 459 g/mol. The van der Waals surface area contributed by atoms with Crippen LogP contribution in [-0.4, -0.2) is 41.9 Å². The number of furan rings is 1. The summed E-state index contributed by atoms with van der Waals surface area (Å²) in [6.45, 7) is 0. The smallest absolute Gasteiger partial charge is 0.271 e. The lowest BCUT2D eigenvalue weighted by molar-refractivity contribution is -0.113. The molecule has 0 unspecified atom stereocenters. The molecule has 3 amide bonds. The molecule has 0 atom stereocenters. The maximum atomic E-state index is 12.9. The SMILES string of the molecule is COc1ccc(N2C(=N)SC(=Cc3ccc(-c4ccc5c(c4)C(=O)N(C)C5=O)o3)C2=O)cc1. The van der Waals surface area contributed by atoms with E-state index in [-0.39, 0.29) is 22.9 Å². The molecule has 5 rings (SSSR count). The Morgan fingerprint density at radius 2 is 1.67 bits per heavy atom. The zero-order valence-electron chi connectivity index (χ0n) is 17.6. The van der Waals surface area contributed by atoms with Gasteiger partial charge in [0.15, 0.2) is 5.17 Å². The summed E-state index contributed by atoms with van der Waals surface area (Å²) < 4.78 is 11.0. The standard InChI is InChI=1S/C24H17N3O5S/c1-26-21(28)17-9-3-13(11-18(17)22(26)29)19-10-8-16(32-19)12-20-23(30)27(24(25)33-20)14-4-6-15(31-2)7-5-14/h3-12,25H,1-2H3. The van der Waals surface area contributed by atoms with Gasteiger partial charge in [-0.2, -0.15) is 0 Å². The van der Waals surface area contributed by atoms with E-state index in [4.69, 9.17) is 14.6 Å². The molecular weight excluding hydrogens is 442 g/mol. The summed E-state index contributed by atoms with van der Waals surface area (Å²) in [4.78, 5) is 40.0. The third-order valence-corrected chi connectivity index (χ3v) is 6.32. The Balaban J connectivity index is 1.40. The van der Waals surface area contributed by atoms with E-state index in [1.807, 2.05) is 0 Å². The average Bonchev–Trinajstić information content (AvgIpc) is 3.46. The van der Waals surface area contributed by atoms with E-state index in [2.05, 4.69) is 0 Å². The maximum Gasteiger partial charge on any atom is 0.271 e. The molecule has 0 bridgehead atoms. The van der Waals surface area contributed by atoms with Gasteiger partial charge in [-0.3, -0.25) is 29.6 Å². The fraction of sp³-hybridized carbons (Fsp3) is 0.0833. The summed E-state index contributed by atoms with van der Waals surface area (Å²) in [5, 5.41) is 8.32. The van der Waals surface area contributed by atoms with Crippen molar-refractivity contribution in [3.05, 3.63) is 76.4 Å². The van der Waals surface area contributed by atoms with Crippen molar-refractivity contribution in [3.63, 3.8) is 0 Å². The number of benzene rings is 2. The minimum Gasteiger partial charge on any atom is -0.497 e. The third kappa shape index (κ3) is 3.42. The van der Waals surface area contributed by atoms with Crippen LogP contribution in [0.5, 0.6) is 5.75 Å². The van der Waals surface area contributed by atoms with E-state index in [1.165, 1.54) is 11.9 Å². The number of rotatable bonds is 4. The summed E-state index contributed by atoms with van der Waals surface area (Å²) in [6.07, 6.45) is 1.59. The Kier molecular flexibility index (Phi) is 4.90. The lowest BCUT2D eigenvalue weighted by atomic mass is 10.0. The summed E-state index contributed by atoms with van der Waals surface area (Å²) in [6, 6.07) is 15.3. The van der Waals surface area contributed by atoms with E-state index < -0.39 is 0 Å². The molecule has 0 aliphatic carbocycles. The summed E-state index contributed by atoms with van der Waals surface area (Å²) >= 11 is 1.05. The number of thioether (sulfide) groups is 1. The predicted octanol–water partition coefficient (Wildman–Crippen LogP) is 4.24. The molecule has 9 heteroatoms. The lowest BCUT2D eigenvalue weighted by Gasteiger charge is -2.14. The van der Waals surface area contributed by atoms with Crippen molar-refractivity contribution >= 4 is 46.4 Å². The van der Waals surface area contributed by atoms with Gasteiger partial charge in [0.25, 0.3) is 17.7 Å². The topological polar surface area (TPSA) is 104 Å². The molecule has 1 fully saturated rings. The molecule has 0 saturated carbocycles. The van der Waals surface area contributed by atoms with Gasteiger partial charge in [0.05, 0.1) is 28.8 Å². The number of hydrogen-bond donors (Lipinski definition) is 1. The zero-order valence-corrected chi connectivity index (χ0v) is 18.4. The number of nitrogens with zero attached hydrogens (tertiary/aromatic N) is 2. The fourth-order valence-corrected chi connectivity index (χ4v) is 4.52. The van der Waals surface area contributed by atoms with Crippen LogP contribution in [0.2, 0.25) is 0 Å². The van der Waals surface area contributed by atoms with Gasteiger partial charge in [-0.05, 0) is 60.3 Å². The number of carbonyl (C=O) groups is 3. The number of amides is 3. The molecule has 2 aliphatic rings. The molecule has 1 N–H and O–H groups in total. The van der Waals surface area contributed by atoms with E-state index in [0.29, 0.717) is 44.6 Å². The largest absolute Gasteiger partial charge is 0.497 e. The van der Waals surface area contributed by atoms with Crippen LogP contribution in [0.15, 0.2) is 63.9 Å². The highest BCUT2D eigenvalue weighted by molar-refractivity contribution is 8.19. The van der Waals surface area contributed by atoms with Gasteiger partial charge in [0.2, 0.25) is 0 Å². The van der Waals surface area contributed by atoms with Crippen LogP contribution in [0, 0.1) is 5.41 Å². The van der Waals surface area contributed by atoms with E-state index >= 15 is 0 Å². The Bertz CT molecular complexity index is 1370. The van der Waals surface area contributed by atoms with Crippen LogP contribution in [0.1, 0.15) is 26.5 Å². The number of methoxy groups -OCH3 is 1. The second-order valence-electron chi connectivity index (χ2n) is 7.39. The van der Waals surface area contributed by atoms with E-state index in [9.17, 15) is 14.4 Å². The van der Waals surface area contributed by atoms with Crippen molar-refractivity contribution in [2.45, 2.75) is 0 Å². The van der Waals surface area contributed by atoms with Crippen LogP contribution in [0.25, 0.3) is 17.4 Å². The second kappa shape index (κ2) is 7.79. The van der Waals surface area contributed by atoms with Crippen molar-refractivity contribution in [2.75, 3.05) is 19.1 Å². The second-order valence-corrected chi connectivity index (χ2v) is 8.42. The number of anilines is 1. The highest BCUT2D eigenvalue weighted by Crippen LogP contribution is 2.36. The zero-order chi connectivity index (χ0) is 23.3. The Hall–Kier alpha value is -4.11. The molecule has 0 radical (unpaired) electrons. The molecule has 2 aliphatic heterocycles. The first kappa shape index (κ1) is 20.8. The molecule has 1 saturated heterocycles. The van der Waals surface area contributed by atoms with Gasteiger partial charge in [-0.1, -0.05) is 6.07 Å². The van der Waals surface area contributed by atoms with Crippen molar-refractivity contribution in [3.8, 4) is 17.1 Å². The van der Waals surface area contributed by atoms with Crippen LogP contribution >= 0.6 is 11.8 Å².